The number of nitrogens with zero attached hydrogens (tertiary/aromatic N) is 1. The summed E-state index contributed by atoms with van der Waals surface area (Å²) in [4.78, 5) is 40.3. The molecular weight excluding hydrogens is 590 g/mol. The molecule has 8 nitrogen and oxygen atoms in total. The molecule has 1 aromatic carbocycles. The van der Waals surface area contributed by atoms with E-state index in [4.69, 9.17) is 19.0 Å². The number of unbranched alkanes of at least 4 members (excludes halogenated alkanes) is 7. The lowest BCUT2D eigenvalue weighted by Gasteiger charge is -2.30. The van der Waals surface area contributed by atoms with Crippen LogP contribution in [0.1, 0.15) is 95.3 Å². The van der Waals surface area contributed by atoms with Gasteiger partial charge in [0.1, 0.15) is 18.1 Å². The number of hydrogen-bond donors (Lipinski definition) is 1. The molecule has 2 aromatic rings. The van der Waals surface area contributed by atoms with E-state index in [0.29, 0.717) is 12.2 Å². The summed E-state index contributed by atoms with van der Waals surface area (Å²) in [5.41, 5.74) is 0.874. The van der Waals surface area contributed by atoms with Crippen molar-refractivity contribution < 1.29 is 33.4 Å². The lowest BCUT2D eigenvalue weighted by Crippen LogP contribution is -2.47. The number of carbonyl (C=O) groups is 3. The van der Waals surface area contributed by atoms with Crippen LogP contribution in [0.3, 0.4) is 0 Å². The number of aliphatic hydroxyl groups excluding tert-OH is 1. The summed E-state index contributed by atoms with van der Waals surface area (Å²) < 4.78 is 18.1. The van der Waals surface area contributed by atoms with Gasteiger partial charge in [0.15, 0.2) is 6.10 Å². The van der Waals surface area contributed by atoms with Gasteiger partial charge in [0, 0.05) is 20.0 Å². The molecule has 1 aromatic heterocycles. The van der Waals surface area contributed by atoms with E-state index in [1.165, 1.54) is 24.7 Å². The summed E-state index contributed by atoms with van der Waals surface area (Å²) in [6.45, 7) is 5.59. The first-order valence-corrected chi connectivity index (χ1v) is 15.6. The van der Waals surface area contributed by atoms with Crippen molar-refractivity contribution in [2.45, 2.75) is 97.1 Å². The molecule has 1 aliphatic heterocycles. The Labute approximate surface area is 251 Å². The predicted molar refractivity (Wildman–Crippen MR) is 159 cm³/mol. The van der Waals surface area contributed by atoms with Gasteiger partial charge in [-0.2, -0.15) is 0 Å². The molecule has 9 heteroatoms. The van der Waals surface area contributed by atoms with Crippen LogP contribution in [0.2, 0.25) is 0 Å². The zero-order valence-corrected chi connectivity index (χ0v) is 26.1. The summed E-state index contributed by atoms with van der Waals surface area (Å²) in [7, 11) is 0. The number of esters is 1. The first-order valence-electron chi connectivity index (χ1n) is 14.8. The second kappa shape index (κ2) is 16.7. The number of rotatable bonds is 17. The number of halogens is 1. The summed E-state index contributed by atoms with van der Waals surface area (Å²) in [6, 6.07) is 10.8. The molecule has 0 spiro atoms. The number of imide groups is 1. The Balaban J connectivity index is 1.79. The maximum atomic E-state index is 14.1. The molecule has 3 atom stereocenters. The van der Waals surface area contributed by atoms with E-state index in [0.717, 1.165) is 54.3 Å². The molecule has 0 radical (unpaired) electrons. The highest BCUT2D eigenvalue weighted by Gasteiger charge is 2.46. The van der Waals surface area contributed by atoms with Crippen molar-refractivity contribution >= 4 is 33.9 Å². The minimum Gasteiger partial charge on any atom is -0.461 e. The largest absolute Gasteiger partial charge is 0.461 e. The first kappa shape index (κ1) is 32.9. The molecule has 0 saturated carbocycles. The predicted octanol–water partition coefficient (Wildman–Crippen LogP) is 7.16. The van der Waals surface area contributed by atoms with Gasteiger partial charge in [0.25, 0.3) is 0 Å². The van der Waals surface area contributed by atoms with E-state index >= 15 is 0 Å². The Hall–Kier alpha value is -2.65. The van der Waals surface area contributed by atoms with E-state index in [1.807, 2.05) is 44.2 Å². The molecule has 1 saturated heterocycles. The van der Waals surface area contributed by atoms with Crippen LogP contribution in [-0.4, -0.2) is 47.2 Å². The Morgan fingerprint density at radius 2 is 1.68 bits per heavy atom. The first-order chi connectivity index (χ1) is 19.7. The SMILES string of the molecule is CC(=O)O[C@@H](c1cc(Br)c(CCCCCCCCCCO)o1)[C@@H](Cc1ccccc1)C(=O)N1C(=O)OC[C@H]1C(C)C. The van der Waals surface area contributed by atoms with Gasteiger partial charge in [0.05, 0.1) is 16.4 Å². The van der Waals surface area contributed by atoms with Crippen LogP contribution >= 0.6 is 15.9 Å². The van der Waals surface area contributed by atoms with E-state index in [2.05, 4.69) is 15.9 Å². The normalized spacial score (nSPS) is 16.6. The van der Waals surface area contributed by atoms with Crippen molar-refractivity contribution in [1.29, 1.82) is 0 Å². The molecule has 1 aliphatic rings. The minimum absolute atomic E-state index is 0.000138. The smallest absolute Gasteiger partial charge is 0.416 e. The van der Waals surface area contributed by atoms with E-state index < -0.39 is 36.0 Å². The number of amides is 2. The summed E-state index contributed by atoms with van der Waals surface area (Å²) >= 11 is 3.60. The second-order valence-electron chi connectivity index (χ2n) is 11.1. The summed E-state index contributed by atoms with van der Waals surface area (Å²) in [5.74, 6) is -0.780. The molecule has 226 valence electrons. The summed E-state index contributed by atoms with van der Waals surface area (Å²) in [5, 5.41) is 8.89. The van der Waals surface area contributed by atoms with Crippen LogP contribution < -0.4 is 0 Å². The number of cyclic esters (lactones) is 1. The zero-order valence-electron chi connectivity index (χ0n) is 24.5. The highest BCUT2D eigenvalue weighted by Crippen LogP contribution is 2.37. The Morgan fingerprint density at radius 1 is 1.05 bits per heavy atom. The molecule has 0 bridgehead atoms. The molecule has 0 aliphatic carbocycles. The molecule has 1 fully saturated rings. The quantitative estimate of drug-likeness (QED) is 0.145. The highest BCUT2D eigenvalue weighted by atomic mass is 79.9. The van der Waals surface area contributed by atoms with Crippen molar-refractivity contribution in [3.63, 3.8) is 0 Å². The number of carbonyl (C=O) groups excluding carboxylic acids is 3. The average Bonchev–Trinajstić information content (AvgIpc) is 3.52. The molecular formula is C32H44BrNO7. The fourth-order valence-electron chi connectivity index (χ4n) is 5.26. The van der Waals surface area contributed by atoms with Gasteiger partial charge in [-0.3, -0.25) is 9.59 Å². The van der Waals surface area contributed by atoms with Crippen LogP contribution in [-0.2, 0) is 31.9 Å². The van der Waals surface area contributed by atoms with E-state index in [1.54, 1.807) is 6.07 Å². The van der Waals surface area contributed by atoms with Crippen LogP contribution in [0, 0.1) is 11.8 Å². The van der Waals surface area contributed by atoms with Crippen molar-refractivity contribution in [2.24, 2.45) is 11.8 Å². The van der Waals surface area contributed by atoms with Crippen molar-refractivity contribution in [3.8, 4) is 0 Å². The van der Waals surface area contributed by atoms with Gasteiger partial charge in [0.2, 0.25) is 5.91 Å². The van der Waals surface area contributed by atoms with E-state index in [-0.39, 0.29) is 25.6 Å². The molecule has 3 rings (SSSR count). The Kier molecular flexibility index (Phi) is 13.4. The number of ether oxygens (including phenoxy) is 2. The van der Waals surface area contributed by atoms with Crippen LogP contribution in [0.4, 0.5) is 4.79 Å². The number of aliphatic hydroxyl groups is 1. The maximum Gasteiger partial charge on any atom is 0.416 e. The third-order valence-electron chi connectivity index (χ3n) is 7.56. The summed E-state index contributed by atoms with van der Waals surface area (Å²) in [6.07, 6.45) is 7.87. The van der Waals surface area contributed by atoms with Crippen molar-refractivity contribution in [2.75, 3.05) is 13.2 Å². The molecule has 2 amide bonds. The molecule has 1 N–H and O–H groups in total. The average molecular weight is 635 g/mol. The number of hydrogen-bond acceptors (Lipinski definition) is 7. The molecule has 0 unspecified atom stereocenters. The van der Waals surface area contributed by atoms with Crippen LogP contribution in [0.5, 0.6) is 0 Å². The lowest BCUT2D eigenvalue weighted by atomic mass is 9.90. The Morgan fingerprint density at radius 3 is 2.29 bits per heavy atom. The van der Waals surface area contributed by atoms with Gasteiger partial charge < -0.3 is 19.0 Å². The zero-order chi connectivity index (χ0) is 29.8. The third kappa shape index (κ3) is 9.70. The second-order valence-corrected chi connectivity index (χ2v) is 12.0. The Bertz CT molecular complexity index is 1120. The van der Waals surface area contributed by atoms with Crippen LogP contribution in [0.25, 0.3) is 0 Å². The van der Waals surface area contributed by atoms with Crippen molar-refractivity contribution in [3.05, 3.63) is 58.0 Å². The van der Waals surface area contributed by atoms with Gasteiger partial charge in [-0.05, 0) is 52.7 Å². The highest BCUT2D eigenvalue weighted by molar-refractivity contribution is 9.10. The van der Waals surface area contributed by atoms with Gasteiger partial charge in [-0.25, -0.2) is 9.69 Å². The van der Waals surface area contributed by atoms with Gasteiger partial charge in [-0.1, -0.05) is 82.7 Å². The maximum absolute atomic E-state index is 14.1. The number of aryl methyl sites for hydroxylation is 1. The fraction of sp³-hybridized carbons (Fsp3) is 0.594. The standard InChI is InChI=1S/C32H44BrNO7/c1-22(2)27-21-39-32(38)34(27)31(37)25(19-24-15-11-10-12-16-24)30(40-23(3)36)29-20-26(33)28(41-29)17-13-8-6-4-5-7-9-14-18-35/h10-12,15-16,20,22,25,27,30,35H,4-9,13-14,17-19,21H2,1-3H3/t25-,27+,30-/m1/s1. The fourth-order valence-corrected chi connectivity index (χ4v) is 5.77. The molecule has 2 heterocycles. The third-order valence-corrected chi connectivity index (χ3v) is 8.23. The van der Waals surface area contributed by atoms with E-state index in [9.17, 15) is 14.4 Å². The monoisotopic (exact) mass is 633 g/mol. The minimum atomic E-state index is -1.02. The topological polar surface area (TPSA) is 106 Å². The van der Waals surface area contributed by atoms with Gasteiger partial charge in [-0.15, -0.1) is 0 Å². The molecule has 41 heavy (non-hydrogen) atoms. The lowest BCUT2D eigenvalue weighted by molar-refractivity contribution is -0.155. The van der Waals surface area contributed by atoms with Crippen molar-refractivity contribution in [1.82, 2.24) is 4.90 Å². The number of benzene rings is 1. The van der Waals surface area contributed by atoms with Gasteiger partial charge >= 0.3 is 12.1 Å². The van der Waals surface area contributed by atoms with Crippen LogP contribution in [0.15, 0.2) is 45.3 Å². The number of furan rings is 1.